The lowest BCUT2D eigenvalue weighted by Gasteiger charge is -2.25. The summed E-state index contributed by atoms with van der Waals surface area (Å²) >= 11 is 0. The second-order valence-corrected chi connectivity index (χ2v) is 4.33. The maximum atomic E-state index is 11.8. The van der Waals surface area contributed by atoms with Crippen molar-refractivity contribution in [3.8, 4) is 0 Å². The zero-order valence-corrected chi connectivity index (χ0v) is 10.6. The molecular formula is C12H20O5. The van der Waals surface area contributed by atoms with Gasteiger partial charge in [-0.2, -0.15) is 0 Å². The van der Waals surface area contributed by atoms with E-state index >= 15 is 0 Å². The fourth-order valence-corrected chi connectivity index (χ4v) is 1.64. The van der Waals surface area contributed by atoms with E-state index in [2.05, 4.69) is 4.74 Å². The smallest absolute Gasteiger partial charge is 0.311 e. The van der Waals surface area contributed by atoms with E-state index in [0.29, 0.717) is 6.61 Å². The summed E-state index contributed by atoms with van der Waals surface area (Å²) in [7, 11) is 1.31. The van der Waals surface area contributed by atoms with Crippen LogP contribution in [-0.2, 0) is 23.8 Å². The summed E-state index contributed by atoms with van der Waals surface area (Å²) in [4.78, 5) is 23.1. The fourth-order valence-electron chi connectivity index (χ4n) is 1.64. The van der Waals surface area contributed by atoms with Crippen molar-refractivity contribution in [1.82, 2.24) is 0 Å². The molecule has 0 aliphatic carbocycles. The van der Waals surface area contributed by atoms with Crippen molar-refractivity contribution in [3.63, 3.8) is 0 Å². The summed E-state index contributed by atoms with van der Waals surface area (Å²) < 4.78 is 15.1. The molecule has 0 saturated carbocycles. The molecule has 3 unspecified atom stereocenters. The van der Waals surface area contributed by atoms with Crippen LogP contribution in [0.4, 0.5) is 0 Å². The SMILES string of the molecule is COC(=O)C(C)C(C)C(=O)OC1CCCCO1. The predicted octanol–water partition coefficient (Wildman–Crippen LogP) is 1.50. The number of methoxy groups -OCH3 is 1. The molecule has 1 heterocycles. The molecule has 1 aliphatic rings. The molecule has 0 bridgehead atoms. The average Bonchev–Trinajstić information content (AvgIpc) is 2.37. The second-order valence-electron chi connectivity index (χ2n) is 4.33. The third kappa shape index (κ3) is 4.00. The van der Waals surface area contributed by atoms with Crippen molar-refractivity contribution in [1.29, 1.82) is 0 Å². The Morgan fingerprint density at radius 3 is 2.35 bits per heavy atom. The normalized spacial score (nSPS) is 23.6. The molecule has 1 aliphatic heterocycles. The summed E-state index contributed by atoms with van der Waals surface area (Å²) in [6.07, 6.45) is 2.27. The first-order valence-corrected chi connectivity index (χ1v) is 5.96. The standard InChI is InChI=1S/C12H20O5/c1-8(11(13)15-3)9(2)12(14)17-10-6-4-5-7-16-10/h8-10H,4-7H2,1-3H3. The van der Waals surface area contributed by atoms with Gasteiger partial charge in [0.05, 0.1) is 25.6 Å². The lowest BCUT2D eigenvalue weighted by atomic mass is 9.96. The molecule has 0 spiro atoms. The number of carbonyl (C=O) groups is 2. The van der Waals surface area contributed by atoms with E-state index < -0.39 is 30.1 Å². The average molecular weight is 244 g/mol. The minimum Gasteiger partial charge on any atom is -0.469 e. The Labute approximate surface area is 101 Å². The molecule has 0 aromatic carbocycles. The monoisotopic (exact) mass is 244 g/mol. The molecule has 5 nitrogen and oxygen atoms in total. The van der Waals surface area contributed by atoms with Crippen LogP contribution >= 0.6 is 0 Å². The largest absolute Gasteiger partial charge is 0.469 e. The topological polar surface area (TPSA) is 61.8 Å². The first-order valence-electron chi connectivity index (χ1n) is 5.96. The molecule has 5 heteroatoms. The summed E-state index contributed by atoms with van der Waals surface area (Å²) in [5.74, 6) is -1.84. The molecule has 3 atom stereocenters. The molecule has 0 N–H and O–H groups in total. The van der Waals surface area contributed by atoms with Crippen LogP contribution in [0.25, 0.3) is 0 Å². The van der Waals surface area contributed by atoms with E-state index in [1.165, 1.54) is 7.11 Å². The van der Waals surface area contributed by atoms with E-state index in [0.717, 1.165) is 19.3 Å². The van der Waals surface area contributed by atoms with Crippen LogP contribution in [-0.4, -0.2) is 31.9 Å². The molecule has 1 fully saturated rings. The van der Waals surface area contributed by atoms with Gasteiger partial charge < -0.3 is 14.2 Å². The van der Waals surface area contributed by atoms with Crippen molar-refractivity contribution in [2.24, 2.45) is 11.8 Å². The van der Waals surface area contributed by atoms with Gasteiger partial charge >= 0.3 is 11.9 Å². The molecule has 0 aromatic heterocycles. The minimum atomic E-state index is -0.520. The van der Waals surface area contributed by atoms with Gasteiger partial charge in [-0.05, 0) is 12.8 Å². The maximum absolute atomic E-state index is 11.8. The molecule has 1 rings (SSSR count). The molecule has 1 saturated heterocycles. The third-order valence-electron chi connectivity index (χ3n) is 3.08. The lowest BCUT2D eigenvalue weighted by Crippen LogP contribution is -2.32. The minimum absolute atomic E-state index is 0.404. The third-order valence-corrected chi connectivity index (χ3v) is 3.08. The van der Waals surface area contributed by atoms with E-state index in [-0.39, 0.29) is 0 Å². The molecular weight excluding hydrogens is 224 g/mol. The van der Waals surface area contributed by atoms with Gasteiger partial charge in [0.15, 0.2) is 0 Å². The Bertz CT molecular complexity index is 270. The summed E-state index contributed by atoms with van der Waals surface area (Å²) in [5.41, 5.74) is 0. The van der Waals surface area contributed by atoms with Crippen LogP contribution < -0.4 is 0 Å². The van der Waals surface area contributed by atoms with Gasteiger partial charge in [-0.3, -0.25) is 9.59 Å². The first kappa shape index (κ1) is 14.0. The van der Waals surface area contributed by atoms with Gasteiger partial charge in [0, 0.05) is 6.42 Å². The van der Waals surface area contributed by atoms with Crippen molar-refractivity contribution in [2.45, 2.75) is 39.4 Å². The predicted molar refractivity (Wildman–Crippen MR) is 60.0 cm³/mol. The summed E-state index contributed by atoms with van der Waals surface area (Å²) in [6, 6.07) is 0. The van der Waals surface area contributed by atoms with E-state index in [4.69, 9.17) is 9.47 Å². The number of hydrogen-bond acceptors (Lipinski definition) is 5. The van der Waals surface area contributed by atoms with Crippen LogP contribution in [0.2, 0.25) is 0 Å². The maximum Gasteiger partial charge on any atom is 0.311 e. The van der Waals surface area contributed by atoms with Crippen molar-refractivity contribution < 1.29 is 23.8 Å². The zero-order chi connectivity index (χ0) is 12.8. The Balaban J connectivity index is 2.42. The van der Waals surface area contributed by atoms with Crippen molar-refractivity contribution in [2.75, 3.05) is 13.7 Å². The number of rotatable bonds is 4. The van der Waals surface area contributed by atoms with Crippen LogP contribution in [0.15, 0.2) is 0 Å². The Hall–Kier alpha value is -1.10. The van der Waals surface area contributed by atoms with Gasteiger partial charge in [-0.15, -0.1) is 0 Å². The quantitative estimate of drug-likeness (QED) is 0.701. The van der Waals surface area contributed by atoms with Gasteiger partial charge in [-0.1, -0.05) is 13.8 Å². The van der Waals surface area contributed by atoms with Gasteiger partial charge in [-0.25, -0.2) is 0 Å². The van der Waals surface area contributed by atoms with Crippen LogP contribution in [0.3, 0.4) is 0 Å². The highest BCUT2D eigenvalue weighted by molar-refractivity contribution is 5.81. The number of ether oxygens (including phenoxy) is 3. The number of carbonyl (C=O) groups excluding carboxylic acids is 2. The van der Waals surface area contributed by atoms with Crippen molar-refractivity contribution in [3.05, 3.63) is 0 Å². The van der Waals surface area contributed by atoms with Crippen LogP contribution in [0.5, 0.6) is 0 Å². The fraction of sp³-hybridized carbons (Fsp3) is 0.833. The highest BCUT2D eigenvalue weighted by atomic mass is 16.7. The van der Waals surface area contributed by atoms with Crippen LogP contribution in [0, 0.1) is 11.8 Å². The van der Waals surface area contributed by atoms with E-state index in [1.54, 1.807) is 13.8 Å². The van der Waals surface area contributed by atoms with E-state index in [9.17, 15) is 9.59 Å². The first-order chi connectivity index (χ1) is 8.06. The Kier molecular flexibility index (Phi) is 5.41. The highest BCUT2D eigenvalue weighted by Gasteiger charge is 2.30. The van der Waals surface area contributed by atoms with Gasteiger partial charge in [0.25, 0.3) is 0 Å². The Morgan fingerprint density at radius 2 is 1.82 bits per heavy atom. The van der Waals surface area contributed by atoms with Gasteiger partial charge in [0.1, 0.15) is 0 Å². The summed E-state index contributed by atoms with van der Waals surface area (Å²) in [6.45, 7) is 3.94. The highest BCUT2D eigenvalue weighted by Crippen LogP contribution is 2.19. The van der Waals surface area contributed by atoms with Gasteiger partial charge in [0.2, 0.25) is 6.29 Å². The van der Waals surface area contributed by atoms with Crippen LogP contribution in [0.1, 0.15) is 33.1 Å². The molecule has 17 heavy (non-hydrogen) atoms. The van der Waals surface area contributed by atoms with E-state index in [1.807, 2.05) is 0 Å². The number of esters is 2. The molecule has 98 valence electrons. The zero-order valence-electron chi connectivity index (χ0n) is 10.6. The Morgan fingerprint density at radius 1 is 1.18 bits per heavy atom. The molecule has 0 amide bonds. The molecule has 0 radical (unpaired) electrons. The second kappa shape index (κ2) is 6.59. The molecule has 0 aromatic rings. The lowest BCUT2D eigenvalue weighted by molar-refractivity contribution is -0.193. The van der Waals surface area contributed by atoms with Crippen molar-refractivity contribution >= 4 is 11.9 Å². The summed E-state index contributed by atoms with van der Waals surface area (Å²) in [5, 5.41) is 0. The number of hydrogen-bond donors (Lipinski definition) is 0.